The molecule has 0 unspecified atom stereocenters. The first-order valence-electron chi connectivity index (χ1n) is 11.0. The van der Waals surface area contributed by atoms with Crippen LogP contribution in [0.25, 0.3) is 0 Å². The third kappa shape index (κ3) is 3.93. The molecule has 4 atom stereocenters. The zero-order valence-electron chi connectivity index (χ0n) is 18.3. The molecule has 2 aliphatic heterocycles. The van der Waals surface area contributed by atoms with E-state index in [1.807, 2.05) is 6.08 Å². The van der Waals surface area contributed by atoms with Gasteiger partial charge in [0.05, 0.1) is 12.2 Å². The fourth-order valence-electron chi connectivity index (χ4n) is 4.95. The quantitative estimate of drug-likeness (QED) is 0.316. The Kier molecular flexibility index (Phi) is 7.70. The number of Topliss-reactive ketones (excluding diaryl/α,β-unsaturated/α-hetero) is 1. The van der Waals surface area contributed by atoms with Crippen molar-refractivity contribution in [3.8, 4) is 0 Å². The standard InChI is InChI=1S/C21H40O4Si2/c1-8-15-21-18(22)16-17(23-21)19(24-26(9-2,10-3)11-4)20(21)25-27(12-5,13-6)14-7/h8,17,19-20H,1,9-16H2,2-7H3/t17-,19-,20+,21+/m0/s1. The summed E-state index contributed by atoms with van der Waals surface area (Å²) in [5, 5.41) is 0. The summed E-state index contributed by atoms with van der Waals surface area (Å²) in [7, 11) is -3.73. The first kappa shape index (κ1) is 23.0. The van der Waals surface area contributed by atoms with Crippen LogP contribution in [0, 0.1) is 0 Å². The molecule has 0 aromatic carbocycles. The van der Waals surface area contributed by atoms with E-state index in [-0.39, 0.29) is 24.1 Å². The summed E-state index contributed by atoms with van der Waals surface area (Å²) in [6.07, 6.45) is 2.26. The molecule has 0 N–H and O–H groups in total. The van der Waals surface area contributed by atoms with Crippen LogP contribution in [0.1, 0.15) is 54.4 Å². The highest BCUT2D eigenvalue weighted by atomic mass is 28.4. The lowest BCUT2D eigenvalue weighted by molar-refractivity contribution is -0.138. The highest BCUT2D eigenvalue weighted by molar-refractivity contribution is 6.74. The minimum atomic E-state index is -1.90. The van der Waals surface area contributed by atoms with Crippen molar-refractivity contribution in [2.75, 3.05) is 0 Å². The maximum absolute atomic E-state index is 12.9. The number of hydrogen-bond donors (Lipinski definition) is 0. The van der Waals surface area contributed by atoms with E-state index in [4.69, 9.17) is 13.6 Å². The van der Waals surface area contributed by atoms with E-state index in [1.165, 1.54) is 0 Å². The van der Waals surface area contributed by atoms with Crippen LogP contribution in [0.15, 0.2) is 12.7 Å². The monoisotopic (exact) mass is 412 g/mol. The Labute approximate surface area is 168 Å². The van der Waals surface area contributed by atoms with Gasteiger partial charge in [-0.25, -0.2) is 0 Å². The molecular weight excluding hydrogens is 372 g/mol. The zero-order chi connectivity index (χ0) is 20.3. The Bertz CT molecular complexity index is 514. The minimum Gasteiger partial charge on any atom is -0.409 e. The summed E-state index contributed by atoms with van der Waals surface area (Å²) in [4.78, 5) is 12.9. The first-order chi connectivity index (χ1) is 12.8. The van der Waals surface area contributed by atoms with E-state index in [9.17, 15) is 4.79 Å². The third-order valence-corrected chi connectivity index (χ3v) is 16.7. The molecule has 2 bridgehead atoms. The van der Waals surface area contributed by atoms with Gasteiger partial charge in [0, 0.05) is 12.8 Å². The molecule has 0 aliphatic carbocycles. The third-order valence-electron chi connectivity index (χ3n) is 7.42. The Balaban J connectivity index is 2.42. The molecule has 2 rings (SSSR count). The van der Waals surface area contributed by atoms with Gasteiger partial charge in [-0.1, -0.05) is 47.6 Å². The second kappa shape index (κ2) is 9.03. The van der Waals surface area contributed by atoms with Crippen LogP contribution in [-0.4, -0.2) is 46.3 Å². The second-order valence-electron chi connectivity index (χ2n) is 8.27. The van der Waals surface area contributed by atoms with Gasteiger partial charge in [0.1, 0.15) is 6.10 Å². The fraction of sp³-hybridized carbons (Fsp3) is 0.857. The van der Waals surface area contributed by atoms with Crippen molar-refractivity contribution < 1.29 is 18.4 Å². The maximum Gasteiger partial charge on any atom is 0.192 e. The van der Waals surface area contributed by atoms with Crippen LogP contribution in [-0.2, 0) is 18.4 Å². The molecule has 2 aliphatic rings. The van der Waals surface area contributed by atoms with Crippen LogP contribution in [0.3, 0.4) is 0 Å². The molecule has 27 heavy (non-hydrogen) atoms. The van der Waals surface area contributed by atoms with Gasteiger partial charge < -0.3 is 13.6 Å². The minimum absolute atomic E-state index is 0.106. The number of rotatable bonds is 12. The molecule has 4 nitrogen and oxygen atoms in total. The molecule has 156 valence electrons. The number of carbonyl (C=O) groups excluding carboxylic acids is 1. The molecule has 0 spiro atoms. The number of carbonyl (C=O) groups is 1. The van der Waals surface area contributed by atoms with Crippen LogP contribution in [0.2, 0.25) is 36.3 Å². The van der Waals surface area contributed by atoms with Crippen molar-refractivity contribution in [3.63, 3.8) is 0 Å². The van der Waals surface area contributed by atoms with Crippen molar-refractivity contribution in [1.82, 2.24) is 0 Å². The Morgan fingerprint density at radius 2 is 1.48 bits per heavy atom. The number of hydrogen-bond acceptors (Lipinski definition) is 4. The molecule has 2 fully saturated rings. The number of ether oxygens (including phenoxy) is 1. The number of fused-ring (bicyclic) bond motifs is 2. The molecule has 0 amide bonds. The predicted octanol–water partition coefficient (Wildman–Crippen LogP) is 5.45. The van der Waals surface area contributed by atoms with Gasteiger partial charge in [0.25, 0.3) is 0 Å². The summed E-state index contributed by atoms with van der Waals surface area (Å²) >= 11 is 0. The molecule has 2 saturated heterocycles. The molecular formula is C21H40O4Si2. The topological polar surface area (TPSA) is 44.8 Å². The Hall–Kier alpha value is -0.276. The van der Waals surface area contributed by atoms with E-state index in [1.54, 1.807) is 0 Å². The van der Waals surface area contributed by atoms with E-state index < -0.39 is 22.2 Å². The average Bonchev–Trinajstić information content (AvgIpc) is 3.16. The highest BCUT2D eigenvalue weighted by Crippen LogP contribution is 2.49. The zero-order valence-corrected chi connectivity index (χ0v) is 20.3. The van der Waals surface area contributed by atoms with E-state index in [0.29, 0.717) is 12.8 Å². The number of ketones is 1. The summed E-state index contributed by atoms with van der Waals surface area (Å²) in [5.41, 5.74) is -0.871. The predicted molar refractivity (Wildman–Crippen MR) is 116 cm³/mol. The van der Waals surface area contributed by atoms with Crippen molar-refractivity contribution >= 4 is 22.4 Å². The Morgan fingerprint density at radius 1 is 1.00 bits per heavy atom. The van der Waals surface area contributed by atoms with Crippen LogP contribution < -0.4 is 0 Å². The lowest BCUT2D eigenvalue weighted by Crippen LogP contribution is -2.60. The molecule has 0 radical (unpaired) electrons. The van der Waals surface area contributed by atoms with Gasteiger partial charge in [0.15, 0.2) is 28.0 Å². The largest absolute Gasteiger partial charge is 0.409 e. The van der Waals surface area contributed by atoms with Gasteiger partial charge in [-0.2, -0.15) is 0 Å². The Morgan fingerprint density at radius 3 is 1.93 bits per heavy atom. The molecule has 0 aromatic rings. The molecule has 6 heteroatoms. The van der Waals surface area contributed by atoms with Crippen LogP contribution in [0.5, 0.6) is 0 Å². The van der Waals surface area contributed by atoms with Crippen molar-refractivity contribution in [3.05, 3.63) is 12.7 Å². The lowest BCUT2D eigenvalue weighted by Gasteiger charge is -2.43. The van der Waals surface area contributed by atoms with E-state index in [2.05, 4.69) is 48.1 Å². The molecule has 0 saturated carbocycles. The van der Waals surface area contributed by atoms with Crippen molar-refractivity contribution in [2.45, 2.75) is 115 Å². The van der Waals surface area contributed by atoms with E-state index >= 15 is 0 Å². The lowest BCUT2D eigenvalue weighted by atomic mass is 9.81. The fourth-order valence-corrected chi connectivity index (χ4v) is 10.7. The SMILES string of the molecule is C=CC[C@@]12O[C@@H](CC1=O)[C@H](O[Si](CC)(CC)CC)[C@H]2O[Si](CC)(CC)CC. The van der Waals surface area contributed by atoms with Gasteiger partial charge in [-0.3, -0.25) is 4.79 Å². The van der Waals surface area contributed by atoms with Crippen LogP contribution >= 0.6 is 0 Å². The summed E-state index contributed by atoms with van der Waals surface area (Å²) in [6, 6.07) is 6.46. The summed E-state index contributed by atoms with van der Waals surface area (Å²) in [5.74, 6) is 0.181. The molecule has 2 heterocycles. The van der Waals surface area contributed by atoms with E-state index in [0.717, 1.165) is 36.3 Å². The van der Waals surface area contributed by atoms with Gasteiger partial charge in [0.2, 0.25) is 0 Å². The average molecular weight is 413 g/mol. The second-order valence-corrected chi connectivity index (χ2v) is 17.7. The normalized spacial score (nSPS) is 30.9. The highest BCUT2D eigenvalue weighted by Gasteiger charge is 2.67. The van der Waals surface area contributed by atoms with Crippen molar-refractivity contribution in [2.24, 2.45) is 0 Å². The summed E-state index contributed by atoms with van der Waals surface area (Å²) in [6.45, 7) is 17.3. The first-order valence-corrected chi connectivity index (χ1v) is 16.1. The van der Waals surface area contributed by atoms with Crippen molar-refractivity contribution in [1.29, 1.82) is 0 Å². The smallest absolute Gasteiger partial charge is 0.192 e. The summed E-state index contributed by atoms with van der Waals surface area (Å²) < 4.78 is 20.2. The van der Waals surface area contributed by atoms with Gasteiger partial charge in [-0.05, 0) is 36.3 Å². The maximum atomic E-state index is 12.9. The molecule has 0 aromatic heterocycles. The van der Waals surface area contributed by atoms with Gasteiger partial charge >= 0.3 is 0 Å². The van der Waals surface area contributed by atoms with Gasteiger partial charge in [-0.15, -0.1) is 6.58 Å². The van der Waals surface area contributed by atoms with Crippen LogP contribution in [0.4, 0.5) is 0 Å².